The van der Waals surface area contributed by atoms with Crippen LogP contribution < -0.4 is 0 Å². The molecule has 1 N–H and O–H groups in total. The Morgan fingerprint density at radius 2 is 2.00 bits per heavy atom. The monoisotopic (exact) mass is 279 g/mol. The number of carboxylic acid groups (broad SMARTS) is 1. The Kier molecular flexibility index (Phi) is 3.48. The van der Waals surface area contributed by atoms with E-state index in [9.17, 15) is 9.59 Å². The summed E-state index contributed by atoms with van der Waals surface area (Å²) < 4.78 is 10.4. The van der Waals surface area contributed by atoms with Gasteiger partial charge in [-0.15, -0.1) is 0 Å². The maximum Gasteiger partial charge on any atom is 0.371 e. The Bertz CT molecular complexity index is 513. The fraction of sp³-hybridized carbons (Fsp3) is 0.571. The number of aromatic carboxylic acids is 1. The molecule has 0 aromatic carbocycles. The molecule has 1 saturated heterocycles. The van der Waals surface area contributed by atoms with Crippen molar-refractivity contribution in [3.63, 3.8) is 0 Å². The second kappa shape index (κ2) is 5.28. The number of hydrogen-bond acceptors (Lipinski definition) is 4. The number of amides is 1. The first kappa shape index (κ1) is 13.2. The molecule has 1 aromatic rings. The maximum atomic E-state index is 12.4. The summed E-state index contributed by atoms with van der Waals surface area (Å²) in [6.45, 7) is 2.10. The van der Waals surface area contributed by atoms with Crippen molar-refractivity contribution in [3.05, 3.63) is 23.7 Å². The normalized spacial score (nSPS) is 21.9. The third-order valence-electron chi connectivity index (χ3n) is 3.75. The first-order valence-corrected chi connectivity index (χ1v) is 6.87. The summed E-state index contributed by atoms with van der Waals surface area (Å²) >= 11 is 0. The van der Waals surface area contributed by atoms with Crippen molar-refractivity contribution < 1.29 is 23.8 Å². The summed E-state index contributed by atoms with van der Waals surface area (Å²) in [6.07, 6.45) is 2.98. The molecule has 0 radical (unpaired) electrons. The lowest BCUT2D eigenvalue weighted by molar-refractivity contribution is 0.0637. The van der Waals surface area contributed by atoms with E-state index in [4.69, 9.17) is 14.3 Å². The number of nitrogens with zero attached hydrogens (tertiary/aromatic N) is 1. The lowest BCUT2D eigenvalue weighted by atomic mass is 10.1. The largest absolute Gasteiger partial charge is 0.475 e. The van der Waals surface area contributed by atoms with Gasteiger partial charge in [0.1, 0.15) is 0 Å². The third-order valence-corrected chi connectivity index (χ3v) is 3.75. The summed E-state index contributed by atoms with van der Waals surface area (Å²) in [6, 6.07) is 3.02. The molecule has 1 atom stereocenters. The minimum Gasteiger partial charge on any atom is -0.475 e. The van der Waals surface area contributed by atoms with Gasteiger partial charge in [0, 0.05) is 25.1 Å². The predicted octanol–water partition coefficient (Wildman–Crippen LogP) is 1.62. The van der Waals surface area contributed by atoms with E-state index in [0.29, 0.717) is 19.1 Å². The average molecular weight is 279 g/mol. The molecule has 1 aliphatic carbocycles. The maximum absolute atomic E-state index is 12.4. The predicted molar refractivity (Wildman–Crippen MR) is 68.7 cm³/mol. The number of ether oxygens (including phenoxy) is 1. The van der Waals surface area contributed by atoms with E-state index in [-0.39, 0.29) is 23.5 Å². The van der Waals surface area contributed by atoms with Crippen molar-refractivity contribution in [2.45, 2.75) is 25.3 Å². The zero-order chi connectivity index (χ0) is 14.1. The van der Waals surface area contributed by atoms with Crippen LogP contribution in [0.5, 0.6) is 0 Å². The summed E-state index contributed by atoms with van der Waals surface area (Å²) in [7, 11) is 0. The second-order valence-corrected chi connectivity index (χ2v) is 5.39. The first-order chi connectivity index (χ1) is 9.65. The zero-order valence-electron chi connectivity index (χ0n) is 11.1. The molecule has 1 saturated carbocycles. The van der Waals surface area contributed by atoms with E-state index in [2.05, 4.69) is 0 Å². The molecule has 3 rings (SSSR count). The van der Waals surface area contributed by atoms with Gasteiger partial charge >= 0.3 is 5.97 Å². The molecule has 2 heterocycles. The molecular formula is C14H17NO5. The molecule has 1 aliphatic heterocycles. The molecule has 2 aliphatic rings. The minimum absolute atomic E-state index is 0.105. The Morgan fingerprint density at radius 1 is 1.25 bits per heavy atom. The number of furan rings is 1. The fourth-order valence-electron chi connectivity index (χ4n) is 2.50. The Labute approximate surface area is 116 Å². The van der Waals surface area contributed by atoms with Crippen molar-refractivity contribution >= 4 is 11.9 Å². The van der Waals surface area contributed by atoms with Crippen LogP contribution in [0.4, 0.5) is 0 Å². The highest BCUT2D eigenvalue weighted by Crippen LogP contribution is 2.30. The zero-order valence-corrected chi connectivity index (χ0v) is 11.1. The lowest BCUT2D eigenvalue weighted by Crippen LogP contribution is -2.37. The number of carbonyl (C=O) groups excluding carboxylic acids is 1. The summed E-state index contributed by atoms with van der Waals surface area (Å²) in [4.78, 5) is 25.1. The molecule has 0 spiro atoms. The van der Waals surface area contributed by atoms with Gasteiger partial charge in [0.15, 0.2) is 5.76 Å². The molecule has 0 bridgehead atoms. The van der Waals surface area contributed by atoms with E-state index < -0.39 is 5.97 Å². The van der Waals surface area contributed by atoms with Gasteiger partial charge in [0.2, 0.25) is 5.76 Å². The summed E-state index contributed by atoms with van der Waals surface area (Å²) in [5.74, 6) is -1.10. The quantitative estimate of drug-likeness (QED) is 0.885. The van der Waals surface area contributed by atoms with E-state index >= 15 is 0 Å². The minimum atomic E-state index is -1.16. The van der Waals surface area contributed by atoms with Crippen LogP contribution in [-0.2, 0) is 4.74 Å². The molecule has 1 aromatic heterocycles. The topological polar surface area (TPSA) is 80.0 Å². The SMILES string of the molecule is O=C(O)c1ccc(C(=O)N(C[C@@H]2CCOC2)C2CC2)o1. The summed E-state index contributed by atoms with van der Waals surface area (Å²) in [5.41, 5.74) is 0. The summed E-state index contributed by atoms with van der Waals surface area (Å²) in [5, 5.41) is 8.83. The van der Waals surface area contributed by atoms with Crippen molar-refractivity contribution in [3.8, 4) is 0 Å². The highest BCUT2D eigenvalue weighted by Gasteiger charge is 2.36. The average Bonchev–Trinajstić information content (AvgIpc) is 2.95. The van der Waals surface area contributed by atoms with E-state index in [0.717, 1.165) is 25.9 Å². The molecule has 1 amide bonds. The number of carbonyl (C=O) groups is 2. The number of hydrogen-bond donors (Lipinski definition) is 1. The number of rotatable bonds is 5. The van der Waals surface area contributed by atoms with Gasteiger partial charge in [-0.25, -0.2) is 4.79 Å². The van der Waals surface area contributed by atoms with Gasteiger partial charge in [0.05, 0.1) is 6.61 Å². The van der Waals surface area contributed by atoms with Gasteiger partial charge in [-0.05, 0) is 31.4 Å². The van der Waals surface area contributed by atoms with Gasteiger partial charge in [-0.3, -0.25) is 4.79 Å². The van der Waals surface area contributed by atoms with Crippen LogP contribution in [0.25, 0.3) is 0 Å². The van der Waals surface area contributed by atoms with Crippen LogP contribution in [0.1, 0.15) is 40.4 Å². The van der Waals surface area contributed by atoms with Crippen LogP contribution in [0, 0.1) is 5.92 Å². The highest BCUT2D eigenvalue weighted by atomic mass is 16.5. The third kappa shape index (κ3) is 2.70. The van der Waals surface area contributed by atoms with Crippen LogP contribution in [0.15, 0.2) is 16.5 Å². The van der Waals surface area contributed by atoms with Gasteiger partial charge in [-0.2, -0.15) is 0 Å². The molecule has 0 unspecified atom stereocenters. The van der Waals surface area contributed by atoms with Crippen LogP contribution >= 0.6 is 0 Å². The lowest BCUT2D eigenvalue weighted by Gasteiger charge is -2.24. The second-order valence-electron chi connectivity index (χ2n) is 5.39. The molecule has 2 fully saturated rings. The fourth-order valence-corrected chi connectivity index (χ4v) is 2.50. The van der Waals surface area contributed by atoms with E-state index in [1.807, 2.05) is 4.90 Å². The highest BCUT2D eigenvalue weighted by molar-refractivity contribution is 5.93. The van der Waals surface area contributed by atoms with Crippen LogP contribution in [0.2, 0.25) is 0 Å². The molecule has 20 heavy (non-hydrogen) atoms. The molecular weight excluding hydrogens is 262 g/mol. The Morgan fingerprint density at radius 3 is 2.55 bits per heavy atom. The van der Waals surface area contributed by atoms with Crippen molar-refractivity contribution in [2.75, 3.05) is 19.8 Å². The van der Waals surface area contributed by atoms with Crippen molar-refractivity contribution in [2.24, 2.45) is 5.92 Å². The Hall–Kier alpha value is -1.82. The van der Waals surface area contributed by atoms with Gasteiger partial charge in [-0.1, -0.05) is 0 Å². The van der Waals surface area contributed by atoms with Crippen molar-refractivity contribution in [1.82, 2.24) is 4.90 Å². The van der Waals surface area contributed by atoms with Crippen LogP contribution in [0.3, 0.4) is 0 Å². The van der Waals surface area contributed by atoms with Gasteiger partial charge in [0.25, 0.3) is 5.91 Å². The van der Waals surface area contributed by atoms with E-state index in [1.54, 1.807) is 0 Å². The first-order valence-electron chi connectivity index (χ1n) is 6.87. The number of carboxylic acids is 1. The van der Waals surface area contributed by atoms with E-state index in [1.165, 1.54) is 12.1 Å². The smallest absolute Gasteiger partial charge is 0.371 e. The van der Waals surface area contributed by atoms with Gasteiger partial charge < -0.3 is 19.2 Å². The van der Waals surface area contributed by atoms with Crippen molar-refractivity contribution in [1.29, 1.82) is 0 Å². The molecule has 108 valence electrons. The standard InChI is InChI=1S/C14H17NO5/c16-13(11-3-4-12(20-11)14(17)18)15(10-1-2-10)7-9-5-6-19-8-9/h3-4,9-10H,1-2,5-8H2,(H,17,18)/t9-/m0/s1. The van der Waals surface area contributed by atoms with Crippen LogP contribution in [-0.4, -0.2) is 47.7 Å². The molecule has 6 heteroatoms. The molecule has 6 nitrogen and oxygen atoms in total. The Balaban J connectivity index is 1.72.